The third-order valence-corrected chi connectivity index (χ3v) is 4.34. The monoisotopic (exact) mass is 326 g/mol. The molecule has 3 rings (SSSR count). The van der Waals surface area contributed by atoms with Gasteiger partial charge in [0.15, 0.2) is 0 Å². The van der Waals surface area contributed by atoms with Gasteiger partial charge < -0.3 is 19.7 Å². The summed E-state index contributed by atoms with van der Waals surface area (Å²) in [6.07, 6.45) is 0. The molecule has 2 aromatic carbocycles. The van der Waals surface area contributed by atoms with Gasteiger partial charge in [0.25, 0.3) is 5.91 Å². The summed E-state index contributed by atoms with van der Waals surface area (Å²) in [6, 6.07) is 15.2. The van der Waals surface area contributed by atoms with Crippen LogP contribution in [0.5, 0.6) is 11.5 Å². The molecule has 5 heteroatoms. The first-order valence-electron chi connectivity index (χ1n) is 8.03. The lowest BCUT2D eigenvalue weighted by atomic mass is 10.0. The van der Waals surface area contributed by atoms with E-state index in [-0.39, 0.29) is 11.9 Å². The van der Waals surface area contributed by atoms with Gasteiger partial charge in [0, 0.05) is 19.6 Å². The average molecular weight is 326 g/mol. The van der Waals surface area contributed by atoms with Crippen molar-refractivity contribution in [2.45, 2.75) is 6.04 Å². The number of amides is 1. The predicted octanol–water partition coefficient (Wildman–Crippen LogP) is 2.49. The van der Waals surface area contributed by atoms with E-state index in [9.17, 15) is 4.79 Å². The molecule has 1 fully saturated rings. The van der Waals surface area contributed by atoms with Gasteiger partial charge in [-0.25, -0.2) is 0 Å². The number of carbonyl (C=O) groups excluding carboxylic acids is 1. The number of para-hydroxylation sites is 1. The number of piperazine rings is 1. The summed E-state index contributed by atoms with van der Waals surface area (Å²) in [6.45, 7) is 2.17. The van der Waals surface area contributed by atoms with Crippen LogP contribution in [-0.4, -0.2) is 44.7 Å². The number of nitrogens with one attached hydrogen (secondary N) is 1. The summed E-state index contributed by atoms with van der Waals surface area (Å²) in [7, 11) is 3.24. The molecular weight excluding hydrogens is 304 g/mol. The van der Waals surface area contributed by atoms with Crippen molar-refractivity contribution in [2.24, 2.45) is 0 Å². The summed E-state index contributed by atoms with van der Waals surface area (Å²) in [5, 5.41) is 3.37. The van der Waals surface area contributed by atoms with Crippen LogP contribution in [0.3, 0.4) is 0 Å². The Morgan fingerprint density at radius 1 is 1.08 bits per heavy atom. The predicted molar refractivity (Wildman–Crippen MR) is 92.6 cm³/mol. The molecule has 0 aliphatic carbocycles. The van der Waals surface area contributed by atoms with Crippen LogP contribution in [-0.2, 0) is 0 Å². The Kier molecular flexibility index (Phi) is 5.01. The second kappa shape index (κ2) is 7.36. The van der Waals surface area contributed by atoms with Gasteiger partial charge >= 0.3 is 0 Å². The van der Waals surface area contributed by atoms with E-state index >= 15 is 0 Å². The standard InChI is InChI=1S/C19H22N2O3/c1-23-15-9-7-14(8-10-15)17-13-20-11-12-21(17)19(22)16-5-3-4-6-18(16)24-2/h3-10,17,20H,11-13H2,1-2H3/t17-/m1/s1. The molecule has 1 N–H and O–H groups in total. The van der Waals surface area contributed by atoms with Gasteiger partial charge in [0.1, 0.15) is 11.5 Å². The van der Waals surface area contributed by atoms with Crippen molar-refractivity contribution in [2.75, 3.05) is 33.9 Å². The summed E-state index contributed by atoms with van der Waals surface area (Å²) in [5.74, 6) is 1.41. The number of nitrogens with zero attached hydrogens (tertiary/aromatic N) is 1. The smallest absolute Gasteiger partial charge is 0.258 e. The van der Waals surface area contributed by atoms with E-state index in [0.717, 1.165) is 24.4 Å². The number of hydrogen-bond donors (Lipinski definition) is 1. The quantitative estimate of drug-likeness (QED) is 0.938. The molecule has 0 bridgehead atoms. The lowest BCUT2D eigenvalue weighted by Gasteiger charge is -2.37. The van der Waals surface area contributed by atoms with Gasteiger partial charge in [-0.2, -0.15) is 0 Å². The highest BCUT2D eigenvalue weighted by molar-refractivity contribution is 5.97. The van der Waals surface area contributed by atoms with Crippen molar-refractivity contribution in [1.82, 2.24) is 10.2 Å². The van der Waals surface area contributed by atoms with Crippen molar-refractivity contribution in [1.29, 1.82) is 0 Å². The van der Waals surface area contributed by atoms with Crippen molar-refractivity contribution >= 4 is 5.91 Å². The molecule has 1 saturated heterocycles. The molecule has 1 aliphatic heterocycles. The molecule has 0 unspecified atom stereocenters. The Labute approximate surface area is 142 Å². The number of hydrogen-bond acceptors (Lipinski definition) is 4. The lowest BCUT2D eigenvalue weighted by molar-refractivity contribution is 0.0631. The third-order valence-electron chi connectivity index (χ3n) is 4.34. The summed E-state index contributed by atoms with van der Waals surface area (Å²) in [5.41, 5.74) is 1.69. The second-order valence-electron chi connectivity index (χ2n) is 5.69. The molecule has 2 aromatic rings. The van der Waals surface area contributed by atoms with Crippen LogP contribution in [0.15, 0.2) is 48.5 Å². The molecule has 1 heterocycles. The molecule has 126 valence electrons. The number of benzene rings is 2. The van der Waals surface area contributed by atoms with Gasteiger partial charge in [-0.1, -0.05) is 24.3 Å². The Bertz CT molecular complexity index is 700. The lowest BCUT2D eigenvalue weighted by Crippen LogP contribution is -2.48. The normalized spacial score (nSPS) is 17.4. The first-order valence-corrected chi connectivity index (χ1v) is 8.03. The molecular formula is C19H22N2O3. The van der Waals surface area contributed by atoms with E-state index in [1.165, 1.54) is 0 Å². The van der Waals surface area contributed by atoms with Gasteiger partial charge in [0.2, 0.25) is 0 Å². The van der Waals surface area contributed by atoms with Crippen molar-refractivity contribution in [3.63, 3.8) is 0 Å². The Morgan fingerprint density at radius 3 is 2.54 bits per heavy atom. The number of methoxy groups -OCH3 is 2. The van der Waals surface area contributed by atoms with E-state index in [1.807, 2.05) is 53.4 Å². The number of carbonyl (C=O) groups is 1. The maximum Gasteiger partial charge on any atom is 0.258 e. The van der Waals surface area contributed by atoms with E-state index in [1.54, 1.807) is 14.2 Å². The van der Waals surface area contributed by atoms with Crippen molar-refractivity contribution in [3.05, 3.63) is 59.7 Å². The molecule has 0 spiro atoms. The van der Waals surface area contributed by atoms with E-state index < -0.39 is 0 Å². The molecule has 1 amide bonds. The molecule has 1 aliphatic rings. The summed E-state index contributed by atoms with van der Waals surface area (Å²) >= 11 is 0. The summed E-state index contributed by atoms with van der Waals surface area (Å²) < 4.78 is 10.6. The average Bonchev–Trinajstić information content (AvgIpc) is 2.67. The highest BCUT2D eigenvalue weighted by Gasteiger charge is 2.29. The minimum Gasteiger partial charge on any atom is -0.497 e. The van der Waals surface area contributed by atoms with Crippen LogP contribution < -0.4 is 14.8 Å². The van der Waals surface area contributed by atoms with Crippen LogP contribution in [0.4, 0.5) is 0 Å². The molecule has 0 saturated carbocycles. The Morgan fingerprint density at radius 2 is 1.83 bits per heavy atom. The van der Waals surface area contributed by atoms with Gasteiger partial charge in [-0.05, 0) is 29.8 Å². The zero-order valence-corrected chi connectivity index (χ0v) is 14.0. The molecule has 0 aromatic heterocycles. The minimum absolute atomic E-state index is 0.00484. The van der Waals surface area contributed by atoms with Gasteiger partial charge in [-0.15, -0.1) is 0 Å². The van der Waals surface area contributed by atoms with Crippen LogP contribution in [0.1, 0.15) is 22.0 Å². The van der Waals surface area contributed by atoms with Gasteiger partial charge in [0.05, 0.1) is 25.8 Å². The molecule has 5 nitrogen and oxygen atoms in total. The highest BCUT2D eigenvalue weighted by atomic mass is 16.5. The zero-order valence-electron chi connectivity index (χ0n) is 14.0. The molecule has 24 heavy (non-hydrogen) atoms. The number of ether oxygens (including phenoxy) is 2. The Balaban J connectivity index is 1.89. The van der Waals surface area contributed by atoms with Crippen LogP contribution in [0, 0.1) is 0 Å². The van der Waals surface area contributed by atoms with Crippen LogP contribution in [0.2, 0.25) is 0 Å². The highest BCUT2D eigenvalue weighted by Crippen LogP contribution is 2.28. The topological polar surface area (TPSA) is 50.8 Å². The van der Waals surface area contributed by atoms with E-state index in [0.29, 0.717) is 17.9 Å². The maximum absolute atomic E-state index is 13.1. The van der Waals surface area contributed by atoms with Crippen LogP contribution in [0.25, 0.3) is 0 Å². The number of rotatable bonds is 4. The second-order valence-corrected chi connectivity index (χ2v) is 5.69. The molecule has 0 radical (unpaired) electrons. The fraction of sp³-hybridized carbons (Fsp3) is 0.316. The fourth-order valence-corrected chi connectivity index (χ4v) is 3.05. The van der Waals surface area contributed by atoms with Gasteiger partial charge in [-0.3, -0.25) is 4.79 Å². The largest absolute Gasteiger partial charge is 0.497 e. The molecule has 1 atom stereocenters. The van der Waals surface area contributed by atoms with E-state index in [4.69, 9.17) is 9.47 Å². The van der Waals surface area contributed by atoms with Crippen LogP contribution >= 0.6 is 0 Å². The van der Waals surface area contributed by atoms with Crippen molar-refractivity contribution in [3.8, 4) is 11.5 Å². The van der Waals surface area contributed by atoms with E-state index in [2.05, 4.69) is 5.32 Å². The minimum atomic E-state index is -0.0120. The maximum atomic E-state index is 13.1. The first-order chi connectivity index (χ1) is 11.7. The Hall–Kier alpha value is -2.53. The third kappa shape index (κ3) is 3.21. The summed E-state index contributed by atoms with van der Waals surface area (Å²) in [4.78, 5) is 15.0. The fourth-order valence-electron chi connectivity index (χ4n) is 3.05. The van der Waals surface area contributed by atoms with Crippen molar-refractivity contribution < 1.29 is 14.3 Å². The first kappa shape index (κ1) is 16.3. The zero-order chi connectivity index (χ0) is 16.9. The SMILES string of the molecule is COc1ccc([C@H]2CNCCN2C(=O)c2ccccc2OC)cc1.